The van der Waals surface area contributed by atoms with E-state index in [9.17, 15) is 20.1 Å². The van der Waals surface area contributed by atoms with E-state index in [2.05, 4.69) is 5.32 Å². The molecule has 0 spiro atoms. The van der Waals surface area contributed by atoms with Crippen molar-refractivity contribution in [2.45, 2.75) is 37.6 Å². The Kier molecular flexibility index (Phi) is 5.13. The van der Waals surface area contributed by atoms with E-state index in [1.165, 1.54) is 6.92 Å². The van der Waals surface area contributed by atoms with Crippen LogP contribution >= 0.6 is 0 Å². The molecule has 0 saturated carbocycles. The summed E-state index contributed by atoms with van der Waals surface area (Å²) in [5.41, 5.74) is 0. The fourth-order valence-electron chi connectivity index (χ4n) is 2.20. The number of aliphatic hydroxyl groups excluding tert-OH is 3. The van der Waals surface area contributed by atoms with Gasteiger partial charge >= 0.3 is 0 Å². The van der Waals surface area contributed by atoms with Crippen molar-refractivity contribution in [3.8, 4) is 5.75 Å². The van der Waals surface area contributed by atoms with Gasteiger partial charge in [-0.05, 0) is 12.1 Å². The van der Waals surface area contributed by atoms with E-state index in [0.29, 0.717) is 5.75 Å². The number of nitrogens with one attached hydrogen (secondary N) is 1. The number of hydrogen-bond acceptors (Lipinski definition) is 6. The highest BCUT2D eigenvalue weighted by Crippen LogP contribution is 2.24. The summed E-state index contributed by atoms with van der Waals surface area (Å²) in [7, 11) is 0. The van der Waals surface area contributed by atoms with Crippen molar-refractivity contribution in [3.05, 3.63) is 30.3 Å². The molecular weight excluding hydrogens is 278 g/mol. The van der Waals surface area contributed by atoms with Gasteiger partial charge in [-0.2, -0.15) is 0 Å². The van der Waals surface area contributed by atoms with E-state index in [0.717, 1.165) is 0 Å². The van der Waals surface area contributed by atoms with Gasteiger partial charge in [0.25, 0.3) is 0 Å². The maximum atomic E-state index is 11.2. The molecule has 7 nitrogen and oxygen atoms in total. The average molecular weight is 297 g/mol. The molecule has 0 bridgehead atoms. The zero-order valence-electron chi connectivity index (χ0n) is 11.5. The van der Waals surface area contributed by atoms with Crippen LogP contribution in [-0.2, 0) is 9.53 Å². The Morgan fingerprint density at radius 2 is 1.95 bits per heavy atom. The highest BCUT2D eigenvalue weighted by Gasteiger charge is 2.45. The number of amides is 1. The molecular formula is C14H19NO6. The minimum atomic E-state index is -1.32. The lowest BCUT2D eigenvalue weighted by atomic mass is 9.97. The molecule has 1 fully saturated rings. The second-order valence-electron chi connectivity index (χ2n) is 4.86. The van der Waals surface area contributed by atoms with Crippen LogP contribution in [0.2, 0.25) is 0 Å². The van der Waals surface area contributed by atoms with E-state index in [1.54, 1.807) is 24.3 Å². The van der Waals surface area contributed by atoms with Gasteiger partial charge in [0, 0.05) is 6.92 Å². The predicted molar refractivity (Wildman–Crippen MR) is 72.4 cm³/mol. The Morgan fingerprint density at radius 1 is 1.29 bits per heavy atom. The SMILES string of the molecule is CC(=O)N[C@@H]1[C@@H](Oc2ccccc2)O[C@H](CO)[C@H](O)[C@@H]1O. The Hall–Kier alpha value is -1.67. The quantitative estimate of drug-likeness (QED) is 0.568. The fourth-order valence-corrected chi connectivity index (χ4v) is 2.20. The van der Waals surface area contributed by atoms with Crippen LogP contribution in [0.4, 0.5) is 0 Å². The molecule has 0 aromatic heterocycles. The number of aliphatic hydroxyl groups is 3. The maximum absolute atomic E-state index is 11.2. The second-order valence-corrected chi connectivity index (χ2v) is 4.86. The smallest absolute Gasteiger partial charge is 0.223 e. The molecule has 1 aliphatic heterocycles. The normalized spacial score (nSPS) is 32.5. The number of carbonyl (C=O) groups excluding carboxylic acids is 1. The molecule has 5 atom stereocenters. The van der Waals surface area contributed by atoms with Crippen molar-refractivity contribution >= 4 is 5.91 Å². The van der Waals surface area contributed by atoms with Gasteiger partial charge in [-0.25, -0.2) is 0 Å². The molecule has 1 heterocycles. The maximum Gasteiger partial charge on any atom is 0.223 e. The summed E-state index contributed by atoms with van der Waals surface area (Å²) < 4.78 is 11.0. The summed E-state index contributed by atoms with van der Waals surface area (Å²) in [6.07, 6.45) is -4.64. The Labute approximate surface area is 122 Å². The number of hydrogen-bond donors (Lipinski definition) is 4. The monoisotopic (exact) mass is 297 g/mol. The minimum Gasteiger partial charge on any atom is -0.463 e. The molecule has 0 aliphatic carbocycles. The lowest BCUT2D eigenvalue weighted by Crippen LogP contribution is -2.65. The van der Waals surface area contributed by atoms with Gasteiger partial charge in [0.2, 0.25) is 12.2 Å². The molecule has 0 radical (unpaired) electrons. The van der Waals surface area contributed by atoms with Gasteiger partial charge in [0.05, 0.1) is 6.61 Å². The average Bonchev–Trinajstić information content (AvgIpc) is 2.47. The topological polar surface area (TPSA) is 108 Å². The first-order chi connectivity index (χ1) is 10.0. The van der Waals surface area contributed by atoms with Gasteiger partial charge in [-0.3, -0.25) is 4.79 Å². The molecule has 1 aromatic carbocycles. The lowest BCUT2D eigenvalue weighted by molar-refractivity contribution is -0.244. The van der Waals surface area contributed by atoms with Crippen LogP contribution in [0.25, 0.3) is 0 Å². The van der Waals surface area contributed by atoms with Gasteiger partial charge in [-0.15, -0.1) is 0 Å². The van der Waals surface area contributed by atoms with Gasteiger partial charge in [-0.1, -0.05) is 18.2 Å². The first-order valence-corrected chi connectivity index (χ1v) is 6.64. The van der Waals surface area contributed by atoms with Crippen LogP contribution in [0.15, 0.2) is 30.3 Å². The molecule has 2 rings (SSSR count). The highest BCUT2D eigenvalue weighted by molar-refractivity contribution is 5.73. The lowest BCUT2D eigenvalue weighted by Gasteiger charge is -2.42. The Balaban J connectivity index is 2.18. The third kappa shape index (κ3) is 3.70. The molecule has 116 valence electrons. The van der Waals surface area contributed by atoms with Crippen LogP contribution in [0.1, 0.15) is 6.92 Å². The predicted octanol–water partition coefficient (Wildman–Crippen LogP) is -0.991. The molecule has 1 saturated heterocycles. The zero-order valence-corrected chi connectivity index (χ0v) is 11.5. The molecule has 1 amide bonds. The summed E-state index contributed by atoms with van der Waals surface area (Å²) in [6.45, 7) is 0.816. The molecule has 4 N–H and O–H groups in total. The van der Waals surface area contributed by atoms with E-state index in [4.69, 9.17) is 9.47 Å². The van der Waals surface area contributed by atoms with Crippen LogP contribution in [0.3, 0.4) is 0 Å². The second kappa shape index (κ2) is 6.86. The van der Waals surface area contributed by atoms with Crippen LogP contribution in [0.5, 0.6) is 5.75 Å². The number of benzene rings is 1. The first-order valence-electron chi connectivity index (χ1n) is 6.64. The number of rotatable bonds is 4. The molecule has 1 aromatic rings. The summed E-state index contributed by atoms with van der Waals surface area (Å²) in [6, 6.07) is 7.79. The molecule has 0 unspecified atom stereocenters. The third-order valence-electron chi connectivity index (χ3n) is 3.25. The molecule has 1 aliphatic rings. The van der Waals surface area contributed by atoms with Crippen molar-refractivity contribution in [1.29, 1.82) is 0 Å². The van der Waals surface area contributed by atoms with Gasteiger partial charge < -0.3 is 30.1 Å². The fraction of sp³-hybridized carbons (Fsp3) is 0.500. The third-order valence-corrected chi connectivity index (χ3v) is 3.25. The largest absolute Gasteiger partial charge is 0.463 e. The van der Waals surface area contributed by atoms with Crippen molar-refractivity contribution in [3.63, 3.8) is 0 Å². The Morgan fingerprint density at radius 3 is 2.52 bits per heavy atom. The number of carbonyl (C=O) groups is 1. The molecule has 21 heavy (non-hydrogen) atoms. The zero-order chi connectivity index (χ0) is 15.4. The number of ether oxygens (including phenoxy) is 2. The van der Waals surface area contributed by atoms with Crippen LogP contribution in [-0.4, -0.2) is 58.5 Å². The Bertz CT molecular complexity index is 468. The summed E-state index contributed by atoms with van der Waals surface area (Å²) in [5, 5.41) is 31.7. The summed E-state index contributed by atoms with van der Waals surface area (Å²) in [4.78, 5) is 11.2. The minimum absolute atomic E-state index is 0.390. The molecule has 7 heteroatoms. The van der Waals surface area contributed by atoms with Crippen molar-refractivity contribution in [1.82, 2.24) is 5.32 Å². The van der Waals surface area contributed by atoms with Gasteiger partial charge in [0.15, 0.2) is 0 Å². The first kappa shape index (κ1) is 15.7. The summed E-state index contributed by atoms with van der Waals surface area (Å²) >= 11 is 0. The summed E-state index contributed by atoms with van der Waals surface area (Å²) in [5.74, 6) is 0.0945. The van der Waals surface area contributed by atoms with Crippen molar-refractivity contribution < 1.29 is 29.6 Å². The van der Waals surface area contributed by atoms with Crippen molar-refractivity contribution in [2.24, 2.45) is 0 Å². The van der Waals surface area contributed by atoms with Crippen LogP contribution in [0, 0.1) is 0 Å². The highest BCUT2D eigenvalue weighted by atomic mass is 16.7. The van der Waals surface area contributed by atoms with E-state index in [1.807, 2.05) is 6.07 Å². The van der Waals surface area contributed by atoms with Crippen LogP contribution < -0.4 is 10.1 Å². The van der Waals surface area contributed by atoms with E-state index >= 15 is 0 Å². The standard InChI is InChI=1S/C14H19NO6/c1-8(17)15-11-13(19)12(18)10(7-16)21-14(11)20-9-5-3-2-4-6-9/h2-6,10-14,16,18-19H,7H2,1H3,(H,15,17)/t10-,11+,12+,13-,14+/m1/s1. The van der Waals surface area contributed by atoms with E-state index < -0.39 is 37.3 Å². The van der Waals surface area contributed by atoms with E-state index in [-0.39, 0.29) is 5.91 Å². The van der Waals surface area contributed by atoms with Gasteiger partial charge in [0.1, 0.15) is 30.1 Å². The number of para-hydroxylation sites is 1. The van der Waals surface area contributed by atoms with Crippen molar-refractivity contribution in [2.75, 3.05) is 6.61 Å².